The molecule has 1 N–H and O–H groups in total. The highest BCUT2D eigenvalue weighted by molar-refractivity contribution is 6.35. The Balaban J connectivity index is 1.47. The lowest BCUT2D eigenvalue weighted by atomic mass is 10.1. The molecule has 7 heteroatoms. The summed E-state index contributed by atoms with van der Waals surface area (Å²) in [6.07, 6.45) is 0. The number of rotatable bonds is 5. The summed E-state index contributed by atoms with van der Waals surface area (Å²) in [6, 6.07) is 13.8. The van der Waals surface area contributed by atoms with Gasteiger partial charge in [0.1, 0.15) is 0 Å². The molecule has 4 aromatic rings. The van der Waals surface area contributed by atoms with Gasteiger partial charge in [-0.25, -0.2) is 0 Å². The minimum Gasteiger partial charge on any atom is -0.338 e. The molecule has 0 spiro atoms. The SMILES string of the molecule is Cc1ccccc1-c1noc(CNCc2nn(C)c3cccc(Cl)c23)n1. The van der Waals surface area contributed by atoms with Crippen LogP contribution in [0.25, 0.3) is 22.3 Å². The van der Waals surface area contributed by atoms with Gasteiger partial charge in [0, 0.05) is 24.5 Å². The Bertz CT molecular complexity index is 1070. The van der Waals surface area contributed by atoms with Gasteiger partial charge in [0.2, 0.25) is 11.7 Å². The van der Waals surface area contributed by atoms with Crippen molar-refractivity contribution in [2.75, 3.05) is 0 Å². The lowest BCUT2D eigenvalue weighted by Crippen LogP contribution is -2.13. The molecule has 132 valence electrons. The molecule has 0 unspecified atom stereocenters. The molecule has 0 saturated heterocycles. The van der Waals surface area contributed by atoms with Crippen LogP contribution in [0.5, 0.6) is 0 Å². The normalized spacial score (nSPS) is 11.3. The first-order valence-electron chi connectivity index (χ1n) is 8.33. The van der Waals surface area contributed by atoms with Crippen molar-refractivity contribution < 1.29 is 4.52 Å². The third-order valence-corrected chi connectivity index (χ3v) is 4.64. The summed E-state index contributed by atoms with van der Waals surface area (Å²) >= 11 is 6.34. The molecule has 0 bridgehead atoms. The van der Waals surface area contributed by atoms with Crippen LogP contribution in [0.4, 0.5) is 0 Å². The largest absolute Gasteiger partial charge is 0.338 e. The molecule has 2 aromatic heterocycles. The topological polar surface area (TPSA) is 68.8 Å². The van der Waals surface area contributed by atoms with Crippen molar-refractivity contribution in [1.29, 1.82) is 0 Å². The zero-order valence-electron chi connectivity index (χ0n) is 14.5. The molecule has 6 nitrogen and oxygen atoms in total. The number of benzene rings is 2. The lowest BCUT2D eigenvalue weighted by molar-refractivity contribution is 0.367. The number of hydrogen-bond acceptors (Lipinski definition) is 5. The van der Waals surface area contributed by atoms with E-state index in [1.165, 1.54) is 0 Å². The van der Waals surface area contributed by atoms with Gasteiger partial charge in [0.05, 0.1) is 22.8 Å². The number of aryl methyl sites for hydroxylation is 2. The molecule has 2 heterocycles. The highest BCUT2D eigenvalue weighted by Crippen LogP contribution is 2.26. The molecule has 0 amide bonds. The number of nitrogens with one attached hydrogen (secondary N) is 1. The Labute approximate surface area is 155 Å². The Kier molecular flexibility index (Phi) is 4.44. The van der Waals surface area contributed by atoms with E-state index in [1.54, 1.807) is 0 Å². The second-order valence-electron chi connectivity index (χ2n) is 6.13. The highest BCUT2D eigenvalue weighted by Gasteiger charge is 2.13. The summed E-state index contributed by atoms with van der Waals surface area (Å²) in [4.78, 5) is 4.47. The number of halogens is 1. The van der Waals surface area contributed by atoms with Gasteiger partial charge in [-0.3, -0.25) is 4.68 Å². The molecule has 0 atom stereocenters. The molecule has 2 aromatic carbocycles. The van der Waals surface area contributed by atoms with Crippen LogP contribution in [0.1, 0.15) is 17.1 Å². The van der Waals surface area contributed by atoms with E-state index in [0.717, 1.165) is 27.7 Å². The van der Waals surface area contributed by atoms with Crippen LogP contribution in [-0.4, -0.2) is 19.9 Å². The van der Waals surface area contributed by atoms with Crippen LogP contribution < -0.4 is 5.32 Å². The molecule has 0 aliphatic carbocycles. The predicted octanol–water partition coefficient (Wildman–Crippen LogP) is 3.87. The van der Waals surface area contributed by atoms with Gasteiger partial charge in [-0.2, -0.15) is 10.1 Å². The Morgan fingerprint density at radius 3 is 2.81 bits per heavy atom. The number of aromatic nitrogens is 4. The van der Waals surface area contributed by atoms with Crippen LogP contribution in [0.2, 0.25) is 5.02 Å². The number of fused-ring (bicyclic) bond motifs is 1. The van der Waals surface area contributed by atoms with Gasteiger partial charge >= 0.3 is 0 Å². The highest BCUT2D eigenvalue weighted by atomic mass is 35.5. The lowest BCUT2D eigenvalue weighted by Gasteiger charge is -2.00. The van der Waals surface area contributed by atoms with Crippen molar-refractivity contribution in [3.8, 4) is 11.4 Å². The first-order chi connectivity index (χ1) is 12.6. The second kappa shape index (κ2) is 6.90. The van der Waals surface area contributed by atoms with Gasteiger partial charge < -0.3 is 9.84 Å². The fourth-order valence-electron chi connectivity index (χ4n) is 3.02. The van der Waals surface area contributed by atoms with Crippen molar-refractivity contribution in [2.45, 2.75) is 20.0 Å². The summed E-state index contributed by atoms with van der Waals surface area (Å²) in [7, 11) is 1.91. The van der Waals surface area contributed by atoms with E-state index in [4.69, 9.17) is 16.1 Å². The van der Waals surface area contributed by atoms with Crippen LogP contribution in [0.3, 0.4) is 0 Å². The maximum atomic E-state index is 6.34. The van der Waals surface area contributed by atoms with Gasteiger partial charge in [0.25, 0.3) is 0 Å². The Morgan fingerprint density at radius 1 is 1.12 bits per heavy atom. The molecule has 0 aliphatic rings. The third kappa shape index (κ3) is 3.09. The molecular formula is C19H18ClN5O. The summed E-state index contributed by atoms with van der Waals surface area (Å²) in [5.41, 5.74) is 3.99. The molecule has 4 rings (SSSR count). The molecule has 0 aliphatic heterocycles. The van der Waals surface area contributed by atoms with E-state index in [-0.39, 0.29) is 0 Å². The number of nitrogens with zero attached hydrogens (tertiary/aromatic N) is 4. The first-order valence-corrected chi connectivity index (χ1v) is 8.70. The Morgan fingerprint density at radius 2 is 1.96 bits per heavy atom. The van der Waals surface area contributed by atoms with Crippen LogP contribution in [0, 0.1) is 6.92 Å². The fraction of sp³-hybridized carbons (Fsp3) is 0.211. The average molecular weight is 368 g/mol. The summed E-state index contributed by atoms with van der Waals surface area (Å²) in [6.45, 7) is 3.05. The van der Waals surface area contributed by atoms with Crippen molar-refractivity contribution in [1.82, 2.24) is 25.2 Å². The quantitative estimate of drug-likeness (QED) is 0.579. The molecule has 26 heavy (non-hydrogen) atoms. The maximum absolute atomic E-state index is 6.34. The van der Waals surface area contributed by atoms with Crippen LogP contribution in [0.15, 0.2) is 47.0 Å². The monoisotopic (exact) mass is 367 g/mol. The number of hydrogen-bond donors (Lipinski definition) is 1. The van der Waals surface area contributed by atoms with Crippen molar-refractivity contribution in [3.05, 3.63) is 64.6 Å². The minimum absolute atomic E-state index is 0.460. The fourth-order valence-corrected chi connectivity index (χ4v) is 3.30. The summed E-state index contributed by atoms with van der Waals surface area (Å²) < 4.78 is 7.19. The van der Waals surface area contributed by atoms with Crippen molar-refractivity contribution in [3.63, 3.8) is 0 Å². The van der Waals surface area contributed by atoms with E-state index in [1.807, 2.05) is 61.1 Å². The van der Waals surface area contributed by atoms with Crippen molar-refractivity contribution >= 4 is 22.5 Å². The van der Waals surface area contributed by atoms with E-state index in [9.17, 15) is 0 Å². The predicted molar refractivity (Wildman–Crippen MR) is 101 cm³/mol. The van der Waals surface area contributed by atoms with E-state index >= 15 is 0 Å². The Hall–Kier alpha value is -2.70. The van der Waals surface area contributed by atoms with E-state index in [0.29, 0.717) is 29.8 Å². The maximum Gasteiger partial charge on any atom is 0.240 e. The van der Waals surface area contributed by atoms with Gasteiger partial charge in [-0.05, 0) is 24.6 Å². The van der Waals surface area contributed by atoms with E-state index < -0.39 is 0 Å². The standard InChI is InChI=1S/C19H18ClN5O/c1-12-6-3-4-7-13(12)19-22-17(26-24-19)11-21-10-15-18-14(20)8-5-9-16(18)25(2)23-15/h3-9,21H,10-11H2,1-2H3. The van der Waals surface area contributed by atoms with Gasteiger partial charge in [0.15, 0.2) is 0 Å². The molecular weight excluding hydrogens is 350 g/mol. The smallest absolute Gasteiger partial charge is 0.240 e. The molecule has 0 fully saturated rings. The summed E-state index contributed by atoms with van der Waals surface area (Å²) in [5.74, 6) is 1.14. The van der Waals surface area contributed by atoms with Crippen LogP contribution in [-0.2, 0) is 20.1 Å². The third-order valence-electron chi connectivity index (χ3n) is 4.32. The van der Waals surface area contributed by atoms with Gasteiger partial charge in [-0.1, -0.05) is 47.1 Å². The van der Waals surface area contributed by atoms with Crippen LogP contribution >= 0.6 is 11.6 Å². The molecule has 0 radical (unpaired) electrons. The first kappa shape index (κ1) is 16.8. The second-order valence-corrected chi connectivity index (χ2v) is 6.54. The van der Waals surface area contributed by atoms with Crippen molar-refractivity contribution in [2.24, 2.45) is 7.05 Å². The summed E-state index contributed by atoms with van der Waals surface area (Å²) in [5, 5.41) is 13.6. The zero-order chi connectivity index (χ0) is 18.1. The molecule has 0 saturated carbocycles. The average Bonchev–Trinajstić information content (AvgIpc) is 3.22. The minimum atomic E-state index is 0.460. The van der Waals surface area contributed by atoms with Gasteiger partial charge in [-0.15, -0.1) is 0 Å². The van der Waals surface area contributed by atoms with E-state index in [2.05, 4.69) is 20.6 Å². The zero-order valence-corrected chi connectivity index (χ0v) is 15.3.